The summed E-state index contributed by atoms with van der Waals surface area (Å²) in [4.78, 5) is 10.8. The number of nitriles is 2. The lowest BCUT2D eigenvalue weighted by molar-refractivity contribution is 0.624. The van der Waals surface area contributed by atoms with Crippen LogP contribution in [-0.4, -0.2) is 0 Å². The quantitative estimate of drug-likeness (QED) is 0.119. The van der Waals surface area contributed by atoms with E-state index in [1.807, 2.05) is 60.8 Å². The Morgan fingerprint density at radius 1 is 0.568 bits per heavy atom. The van der Waals surface area contributed by atoms with Gasteiger partial charge in [0.1, 0.15) is 17.7 Å². The molecule has 0 radical (unpaired) electrons. The largest absolute Gasteiger partial charge is 0.235 e. The Balaban J connectivity index is 1.52. The summed E-state index contributed by atoms with van der Waals surface area (Å²) < 4.78 is 28.0. The minimum absolute atomic E-state index is 0.0617. The van der Waals surface area contributed by atoms with Crippen LogP contribution in [0.3, 0.4) is 0 Å². The molecule has 0 aromatic heterocycles. The highest BCUT2D eigenvalue weighted by atomic mass is 19.1. The fourth-order valence-corrected chi connectivity index (χ4v) is 5.93. The van der Waals surface area contributed by atoms with Crippen LogP contribution < -0.4 is 10.7 Å². The van der Waals surface area contributed by atoms with Gasteiger partial charge >= 0.3 is 0 Å². The van der Waals surface area contributed by atoms with E-state index in [0.717, 1.165) is 54.2 Å². The number of halogens is 2. The second-order valence-electron chi connectivity index (χ2n) is 10.2. The molecule has 0 fully saturated rings. The van der Waals surface area contributed by atoms with E-state index in [4.69, 9.17) is 13.1 Å². The Labute approximate surface area is 248 Å². The van der Waals surface area contributed by atoms with Crippen LogP contribution in [0.4, 0.5) is 14.5 Å². The summed E-state index contributed by atoms with van der Waals surface area (Å²) >= 11 is 0. The van der Waals surface area contributed by atoms with Gasteiger partial charge in [0, 0.05) is 21.5 Å². The van der Waals surface area contributed by atoms with E-state index in [1.54, 1.807) is 12.1 Å². The smallest absolute Gasteiger partial charge is 0.222 e. The first-order valence-corrected chi connectivity index (χ1v) is 13.2. The third-order valence-corrected chi connectivity index (χ3v) is 7.93. The minimum Gasteiger partial charge on any atom is -0.235 e. The maximum Gasteiger partial charge on any atom is 0.222 e. The Bertz CT molecular complexity index is 2500. The van der Waals surface area contributed by atoms with Crippen molar-refractivity contribution in [3.63, 3.8) is 0 Å². The molecule has 0 N–H and O–H groups in total. The van der Waals surface area contributed by atoms with Crippen LogP contribution in [0.25, 0.3) is 75.1 Å². The van der Waals surface area contributed by atoms with Crippen molar-refractivity contribution in [2.75, 3.05) is 0 Å². The molecule has 0 spiro atoms. The van der Waals surface area contributed by atoms with E-state index in [0.29, 0.717) is 21.8 Å². The zero-order chi connectivity index (χ0) is 30.5. The van der Waals surface area contributed by atoms with E-state index < -0.39 is 11.6 Å². The van der Waals surface area contributed by atoms with Gasteiger partial charge in [0.25, 0.3) is 0 Å². The Morgan fingerprint density at radius 2 is 1.09 bits per heavy atom. The zero-order valence-corrected chi connectivity index (χ0v) is 22.5. The van der Waals surface area contributed by atoms with Crippen molar-refractivity contribution in [3.05, 3.63) is 136 Å². The highest BCUT2D eigenvalue weighted by molar-refractivity contribution is 6.21. The maximum atomic E-state index is 14.0. The van der Waals surface area contributed by atoms with Gasteiger partial charge in [-0.05, 0) is 92.3 Å². The van der Waals surface area contributed by atoms with E-state index in [9.17, 15) is 19.3 Å². The first-order valence-electron chi connectivity index (χ1n) is 13.2. The van der Waals surface area contributed by atoms with Crippen molar-refractivity contribution in [1.29, 1.82) is 10.5 Å². The molecule has 0 atom stereocenters. The van der Waals surface area contributed by atoms with Crippen molar-refractivity contribution >= 4 is 48.8 Å². The van der Waals surface area contributed by atoms with Crippen LogP contribution in [0.2, 0.25) is 0 Å². The van der Waals surface area contributed by atoms with E-state index in [1.165, 1.54) is 24.3 Å². The van der Waals surface area contributed by atoms with Crippen molar-refractivity contribution in [2.24, 2.45) is 10.1 Å². The molecule has 7 aromatic carbocycles. The molecule has 0 unspecified atom stereocenters. The molecule has 0 amide bonds. The normalized spacial score (nSPS) is 12.0. The van der Waals surface area contributed by atoms with E-state index in [2.05, 4.69) is 19.9 Å². The molecule has 6 nitrogen and oxygen atoms in total. The highest BCUT2D eigenvalue weighted by Crippen LogP contribution is 2.36. The molecule has 8 heteroatoms. The Kier molecular flexibility index (Phi) is 5.93. The van der Waals surface area contributed by atoms with Crippen molar-refractivity contribution < 1.29 is 8.78 Å². The molecule has 0 aliphatic heterocycles. The number of rotatable bonds is 2. The van der Waals surface area contributed by atoms with Crippen molar-refractivity contribution in [1.82, 2.24) is 0 Å². The standard InChI is InChI=1S/C36H14F2N6/c1-41-34-14-22(6-10-33(34)38)21-4-8-25-27-15-30-26(16-31(27)36(44-42-2)29(25)13-21)24-7-3-20(12-28(24)35(30)43-18-40)19-5-9-32(37)23(11-19)17-39/h3-16H. The van der Waals surface area contributed by atoms with Gasteiger partial charge in [-0.3, -0.25) is 0 Å². The molecule has 44 heavy (non-hydrogen) atoms. The first-order chi connectivity index (χ1) is 21.4. The second-order valence-corrected chi connectivity index (χ2v) is 10.2. The molecule has 0 saturated heterocycles. The topological polar surface area (TPSA) is 81.0 Å². The van der Waals surface area contributed by atoms with Crippen LogP contribution in [0.1, 0.15) is 5.56 Å². The van der Waals surface area contributed by atoms with Crippen LogP contribution in [0, 0.1) is 47.6 Å². The summed E-state index contributed by atoms with van der Waals surface area (Å²) in [7, 11) is 0. The van der Waals surface area contributed by atoms with Crippen LogP contribution in [0.15, 0.2) is 95.0 Å². The van der Waals surface area contributed by atoms with Crippen LogP contribution in [-0.2, 0) is 0 Å². The molecule has 7 aromatic rings. The molecule has 0 aliphatic carbocycles. The van der Waals surface area contributed by atoms with Crippen molar-refractivity contribution in [3.8, 4) is 34.5 Å². The molecular formula is C36H14F2N6. The predicted octanol–water partition coefficient (Wildman–Crippen LogP) is 8.33. The maximum absolute atomic E-state index is 14.0. The summed E-state index contributed by atoms with van der Waals surface area (Å²) in [6.45, 7) is 14.8. The van der Waals surface area contributed by atoms with Crippen molar-refractivity contribution in [2.45, 2.75) is 0 Å². The number of nitrogens with zero attached hydrogens (tertiary/aromatic N) is 6. The number of benzene rings is 5. The molecule has 7 rings (SSSR count). The lowest BCUT2D eigenvalue weighted by atomic mass is 10.0. The number of fused-ring (bicyclic) bond motifs is 6. The van der Waals surface area contributed by atoms with Gasteiger partial charge in [-0.15, -0.1) is 4.95 Å². The Morgan fingerprint density at radius 3 is 1.68 bits per heavy atom. The van der Waals surface area contributed by atoms with Gasteiger partial charge in [-0.2, -0.15) is 22.1 Å². The third-order valence-electron chi connectivity index (χ3n) is 7.93. The van der Waals surface area contributed by atoms with Gasteiger partial charge < -0.3 is 0 Å². The predicted molar refractivity (Wildman–Crippen MR) is 164 cm³/mol. The van der Waals surface area contributed by atoms with Gasteiger partial charge in [0.05, 0.1) is 22.6 Å². The number of hydrogen-bond acceptors (Lipinski definition) is 4. The van der Waals surface area contributed by atoms with E-state index in [-0.39, 0.29) is 11.3 Å². The molecule has 202 valence electrons. The average molecular weight is 569 g/mol. The average Bonchev–Trinajstić information content (AvgIpc) is 3.51. The third kappa shape index (κ3) is 3.88. The fourth-order valence-electron chi connectivity index (χ4n) is 5.93. The summed E-state index contributed by atoms with van der Waals surface area (Å²) in [5, 5.41) is 30.3. The summed E-state index contributed by atoms with van der Waals surface area (Å²) in [5.41, 5.74) is 2.67. The minimum atomic E-state index is -0.596. The van der Waals surface area contributed by atoms with Crippen LogP contribution in [0.5, 0.6) is 0 Å². The molecule has 0 heterocycles. The number of hydrogen-bond donors (Lipinski definition) is 0. The monoisotopic (exact) mass is 568 g/mol. The van der Waals surface area contributed by atoms with Gasteiger partial charge in [0.15, 0.2) is 5.36 Å². The summed E-state index contributed by atoms with van der Waals surface area (Å²) in [5.74, 6) is -1.19. The van der Waals surface area contributed by atoms with Gasteiger partial charge in [0.2, 0.25) is 11.9 Å². The Hall–Kier alpha value is -6.74. The summed E-state index contributed by atoms with van der Waals surface area (Å²) in [6, 6.07) is 25.8. The molecule has 0 aliphatic rings. The summed E-state index contributed by atoms with van der Waals surface area (Å²) in [6.07, 6.45) is 1.92. The lowest BCUT2D eigenvalue weighted by Gasteiger charge is -2.04. The van der Waals surface area contributed by atoms with Gasteiger partial charge in [-0.25, -0.2) is 13.6 Å². The van der Waals surface area contributed by atoms with E-state index >= 15 is 0 Å². The lowest BCUT2D eigenvalue weighted by Crippen LogP contribution is -1.99. The SMILES string of the molecule is [C-]#[N+]N=c1c2cc(-c3ccc(F)c([N+]#[C-])c3)ccc2c2cc3c(=NC#N)c4cc(-c5ccc(F)c(C#N)c5)ccc4c3cc12. The second kappa shape index (κ2) is 9.97. The van der Waals surface area contributed by atoms with Gasteiger partial charge in [-0.1, -0.05) is 36.4 Å². The zero-order valence-electron chi connectivity index (χ0n) is 22.5. The highest BCUT2D eigenvalue weighted by Gasteiger charge is 2.18. The fraction of sp³-hybridized carbons (Fsp3) is 0. The first kappa shape index (κ1) is 26.2. The van der Waals surface area contributed by atoms with Crippen LogP contribution >= 0.6 is 0 Å². The molecular weight excluding hydrogens is 554 g/mol. The molecule has 0 saturated carbocycles. The molecule has 0 bridgehead atoms.